The molecule has 1 aliphatic rings. The summed E-state index contributed by atoms with van der Waals surface area (Å²) in [6.45, 7) is 6.14. The minimum Gasteiger partial charge on any atom is -0.347 e. The van der Waals surface area contributed by atoms with Crippen LogP contribution in [0.4, 0.5) is 5.69 Å². The third kappa shape index (κ3) is 5.91. The van der Waals surface area contributed by atoms with Gasteiger partial charge in [0.1, 0.15) is 0 Å². The van der Waals surface area contributed by atoms with Crippen LogP contribution >= 0.6 is 15.9 Å². The first-order chi connectivity index (χ1) is 11.5. The number of amides is 2. The number of nitrogens with one attached hydrogen (secondary N) is 3. The Hall–Kier alpha value is -1.40. The molecule has 2 rings (SSSR count). The molecule has 5 nitrogen and oxygen atoms in total. The maximum absolute atomic E-state index is 12.0. The number of piperidine rings is 1. The Kier molecular flexibility index (Phi) is 7.24. The number of anilines is 1. The van der Waals surface area contributed by atoms with Gasteiger partial charge >= 0.3 is 0 Å². The van der Waals surface area contributed by atoms with Crippen molar-refractivity contribution < 1.29 is 9.59 Å². The second-order valence-electron chi connectivity index (χ2n) is 6.58. The van der Waals surface area contributed by atoms with E-state index in [0.717, 1.165) is 28.8 Å². The van der Waals surface area contributed by atoms with Crippen molar-refractivity contribution in [3.8, 4) is 0 Å². The van der Waals surface area contributed by atoms with E-state index in [2.05, 4.69) is 38.8 Å². The minimum absolute atomic E-state index is 0.00355. The van der Waals surface area contributed by atoms with Crippen molar-refractivity contribution in [2.24, 2.45) is 11.8 Å². The van der Waals surface area contributed by atoms with Gasteiger partial charge in [0, 0.05) is 16.6 Å². The van der Waals surface area contributed by atoms with E-state index in [1.807, 2.05) is 25.1 Å². The molecule has 0 aromatic heterocycles. The molecule has 1 aromatic rings. The summed E-state index contributed by atoms with van der Waals surface area (Å²) in [6, 6.07) is 5.61. The van der Waals surface area contributed by atoms with E-state index in [0.29, 0.717) is 18.3 Å². The molecule has 2 unspecified atom stereocenters. The largest absolute Gasteiger partial charge is 0.347 e. The van der Waals surface area contributed by atoms with Crippen molar-refractivity contribution in [3.05, 3.63) is 28.2 Å². The highest BCUT2D eigenvalue weighted by molar-refractivity contribution is 9.10. The number of halogens is 1. The lowest BCUT2D eigenvalue weighted by Crippen LogP contribution is -2.37. The first-order valence-electron chi connectivity index (χ1n) is 8.49. The molecule has 24 heavy (non-hydrogen) atoms. The van der Waals surface area contributed by atoms with Gasteiger partial charge in [-0.25, -0.2) is 0 Å². The summed E-state index contributed by atoms with van der Waals surface area (Å²) in [7, 11) is 0. The van der Waals surface area contributed by atoms with E-state index < -0.39 is 0 Å². The van der Waals surface area contributed by atoms with Crippen LogP contribution in [0.25, 0.3) is 0 Å². The summed E-state index contributed by atoms with van der Waals surface area (Å²) >= 11 is 3.43. The summed E-state index contributed by atoms with van der Waals surface area (Å²) < 4.78 is 1.000. The zero-order valence-electron chi connectivity index (χ0n) is 14.3. The predicted octanol–water partition coefficient (Wildman–Crippen LogP) is 2.84. The van der Waals surface area contributed by atoms with Crippen molar-refractivity contribution in [1.82, 2.24) is 10.6 Å². The van der Waals surface area contributed by atoms with Crippen LogP contribution < -0.4 is 16.0 Å². The normalized spacial score (nSPS) is 18.7. The molecule has 1 saturated heterocycles. The molecule has 0 bridgehead atoms. The van der Waals surface area contributed by atoms with Gasteiger partial charge in [-0.05, 0) is 68.5 Å². The van der Waals surface area contributed by atoms with E-state index in [4.69, 9.17) is 0 Å². The summed E-state index contributed by atoms with van der Waals surface area (Å²) in [4.78, 5) is 24.0. The number of hydrogen-bond acceptors (Lipinski definition) is 3. The zero-order chi connectivity index (χ0) is 17.5. The summed E-state index contributed by atoms with van der Waals surface area (Å²) in [5.41, 5.74) is 1.78. The lowest BCUT2D eigenvalue weighted by Gasteiger charge is -2.27. The lowest BCUT2D eigenvalue weighted by atomic mass is 9.85. The molecule has 1 heterocycles. The number of carbonyl (C=O) groups is 2. The molecule has 2 amide bonds. The second-order valence-corrected chi connectivity index (χ2v) is 7.43. The molecule has 3 N–H and O–H groups in total. The highest BCUT2D eigenvalue weighted by Crippen LogP contribution is 2.22. The molecule has 0 saturated carbocycles. The third-order valence-electron chi connectivity index (χ3n) is 4.53. The third-order valence-corrected chi connectivity index (χ3v) is 5.42. The molecule has 132 valence electrons. The van der Waals surface area contributed by atoms with Gasteiger partial charge < -0.3 is 16.0 Å². The average molecular weight is 396 g/mol. The summed E-state index contributed by atoms with van der Waals surface area (Å²) in [5.74, 6) is 0.603. The first kappa shape index (κ1) is 18.9. The molecule has 1 fully saturated rings. The zero-order valence-corrected chi connectivity index (χ0v) is 15.9. The SMILES string of the molecule is Cc1cc(NC(=O)CNC(=O)CC(C)C2CCCNC2)ccc1Br. The van der Waals surface area contributed by atoms with E-state index >= 15 is 0 Å². The highest BCUT2D eigenvalue weighted by Gasteiger charge is 2.22. The standard InChI is InChI=1S/C18H26BrN3O2/c1-12(14-4-3-7-20-10-14)9-17(23)21-11-18(24)22-15-5-6-16(19)13(2)8-15/h5-6,8,12,14,20H,3-4,7,9-11H2,1-2H3,(H,21,23)(H,22,24). The van der Waals surface area contributed by atoms with Gasteiger partial charge in [-0.1, -0.05) is 22.9 Å². The van der Waals surface area contributed by atoms with E-state index in [1.54, 1.807) is 0 Å². The number of carbonyl (C=O) groups excluding carboxylic acids is 2. The number of aryl methyl sites for hydroxylation is 1. The van der Waals surface area contributed by atoms with Crippen LogP contribution in [0.15, 0.2) is 22.7 Å². The van der Waals surface area contributed by atoms with Crippen molar-refractivity contribution in [2.75, 3.05) is 25.0 Å². The summed E-state index contributed by atoms with van der Waals surface area (Å²) in [5, 5.41) is 8.89. The van der Waals surface area contributed by atoms with Gasteiger partial charge in [0.25, 0.3) is 0 Å². The molecule has 0 spiro atoms. The molecule has 0 radical (unpaired) electrons. The van der Waals surface area contributed by atoms with Crippen LogP contribution in [0.1, 0.15) is 31.7 Å². The molecular weight excluding hydrogens is 370 g/mol. The van der Waals surface area contributed by atoms with E-state index in [1.165, 1.54) is 12.8 Å². The fourth-order valence-corrected chi connectivity index (χ4v) is 3.25. The molecule has 2 atom stereocenters. The molecule has 1 aromatic carbocycles. The van der Waals surface area contributed by atoms with Crippen LogP contribution in [-0.2, 0) is 9.59 Å². The Morgan fingerprint density at radius 1 is 1.38 bits per heavy atom. The van der Waals surface area contributed by atoms with Gasteiger partial charge in [-0.3, -0.25) is 9.59 Å². The Labute approximate surface area is 152 Å². The van der Waals surface area contributed by atoms with Gasteiger partial charge in [0.15, 0.2) is 0 Å². The van der Waals surface area contributed by atoms with Crippen LogP contribution in [0, 0.1) is 18.8 Å². The average Bonchev–Trinajstić information content (AvgIpc) is 2.57. The Morgan fingerprint density at radius 3 is 2.83 bits per heavy atom. The smallest absolute Gasteiger partial charge is 0.243 e. The fourth-order valence-electron chi connectivity index (χ4n) is 3.00. The second kappa shape index (κ2) is 9.18. The van der Waals surface area contributed by atoms with Gasteiger partial charge in [-0.2, -0.15) is 0 Å². The maximum Gasteiger partial charge on any atom is 0.243 e. The van der Waals surface area contributed by atoms with Gasteiger partial charge in [0.2, 0.25) is 11.8 Å². The molecular formula is C18H26BrN3O2. The van der Waals surface area contributed by atoms with Crippen molar-refractivity contribution in [2.45, 2.75) is 33.1 Å². The number of rotatable bonds is 6. The first-order valence-corrected chi connectivity index (χ1v) is 9.28. The van der Waals surface area contributed by atoms with E-state index in [-0.39, 0.29) is 18.4 Å². The minimum atomic E-state index is -0.211. The molecule has 0 aliphatic carbocycles. The Bertz CT molecular complexity index is 586. The lowest BCUT2D eigenvalue weighted by molar-refractivity contribution is -0.125. The number of hydrogen-bond donors (Lipinski definition) is 3. The van der Waals surface area contributed by atoms with Gasteiger partial charge in [-0.15, -0.1) is 0 Å². The predicted molar refractivity (Wildman–Crippen MR) is 99.9 cm³/mol. The number of benzene rings is 1. The van der Waals surface area contributed by atoms with E-state index in [9.17, 15) is 9.59 Å². The fraction of sp³-hybridized carbons (Fsp3) is 0.556. The molecule has 6 heteroatoms. The quantitative estimate of drug-likeness (QED) is 0.693. The monoisotopic (exact) mass is 395 g/mol. The Balaban J connectivity index is 1.72. The Morgan fingerprint density at radius 2 is 2.17 bits per heavy atom. The van der Waals surface area contributed by atoms with Crippen molar-refractivity contribution in [3.63, 3.8) is 0 Å². The van der Waals surface area contributed by atoms with Crippen LogP contribution in [0.2, 0.25) is 0 Å². The van der Waals surface area contributed by atoms with Crippen molar-refractivity contribution in [1.29, 1.82) is 0 Å². The van der Waals surface area contributed by atoms with Crippen LogP contribution in [-0.4, -0.2) is 31.4 Å². The van der Waals surface area contributed by atoms with Gasteiger partial charge in [0.05, 0.1) is 6.54 Å². The van der Waals surface area contributed by atoms with Crippen LogP contribution in [0.5, 0.6) is 0 Å². The summed E-state index contributed by atoms with van der Waals surface area (Å²) in [6.07, 6.45) is 2.81. The van der Waals surface area contributed by atoms with Crippen molar-refractivity contribution >= 4 is 33.4 Å². The maximum atomic E-state index is 12.0. The topological polar surface area (TPSA) is 70.2 Å². The van der Waals surface area contributed by atoms with Crippen LogP contribution in [0.3, 0.4) is 0 Å². The highest BCUT2D eigenvalue weighted by atomic mass is 79.9. The molecule has 1 aliphatic heterocycles.